The largest absolute Gasteiger partial charge is 0.417 e. The molecule has 4 aromatic rings. The number of H-pyrrole nitrogens is 1. The summed E-state index contributed by atoms with van der Waals surface area (Å²) in [5.74, 6) is -0.474. The average molecular weight is 375 g/mol. The average Bonchev–Trinajstić information content (AvgIpc) is 3.21. The zero-order chi connectivity index (χ0) is 19.7. The van der Waals surface area contributed by atoms with Crippen LogP contribution in [0.5, 0.6) is 0 Å². The third kappa shape index (κ3) is 3.23. The zero-order valence-electron chi connectivity index (χ0n) is 15.4. The maximum atomic E-state index is 11.5. The van der Waals surface area contributed by atoms with Crippen LogP contribution in [0.25, 0.3) is 28.0 Å². The van der Waals surface area contributed by atoms with Crippen molar-refractivity contribution in [3.05, 3.63) is 78.1 Å². The predicted molar refractivity (Wildman–Crippen MR) is 111 cm³/mol. The zero-order valence-corrected chi connectivity index (χ0v) is 15.4. The summed E-state index contributed by atoms with van der Waals surface area (Å²) in [5, 5.41) is 0. The van der Waals surface area contributed by atoms with E-state index in [2.05, 4.69) is 23.0 Å². The number of aromatic amines is 1. The second kappa shape index (κ2) is 7.21. The van der Waals surface area contributed by atoms with Gasteiger partial charge in [0.15, 0.2) is 5.58 Å². The minimum Gasteiger partial charge on any atom is -0.408 e. The molecule has 28 heavy (non-hydrogen) atoms. The van der Waals surface area contributed by atoms with Crippen LogP contribution in [0, 0.1) is 0 Å². The van der Waals surface area contributed by atoms with Crippen molar-refractivity contribution in [1.29, 1.82) is 0 Å². The molecular formula is C21H21N5O2. The van der Waals surface area contributed by atoms with E-state index in [1.54, 1.807) is 0 Å². The van der Waals surface area contributed by atoms with Crippen molar-refractivity contribution in [3.8, 4) is 11.3 Å². The maximum absolute atomic E-state index is 11.5. The number of fused-ring (bicyclic) bond motifs is 2. The van der Waals surface area contributed by atoms with Crippen molar-refractivity contribution >= 4 is 22.4 Å². The molecule has 0 spiro atoms. The number of benzene rings is 1. The van der Waals surface area contributed by atoms with E-state index < -0.39 is 5.76 Å². The van der Waals surface area contributed by atoms with E-state index in [1.165, 1.54) is 0 Å². The summed E-state index contributed by atoms with van der Waals surface area (Å²) in [6.45, 7) is 9.75. The summed E-state index contributed by atoms with van der Waals surface area (Å²) >= 11 is 0. The fourth-order valence-electron chi connectivity index (χ4n) is 3.37. The normalized spacial score (nSPS) is 11.5. The highest BCUT2D eigenvalue weighted by atomic mass is 16.4. The van der Waals surface area contributed by atoms with Crippen LogP contribution < -0.4 is 11.5 Å². The molecule has 0 bridgehead atoms. The number of nitrogens with two attached hydrogens (primary N) is 1. The van der Waals surface area contributed by atoms with Crippen molar-refractivity contribution in [2.75, 3.05) is 18.8 Å². The summed E-state index contributed by atoms with van der Waals surface area (Å²) in [7, 11) is 0. The highest BCUT2D eigenvalue weighted by molar-refractivity contribution is 5.80. The number of nitrogens with zero attached hydrogens (tertiary/aromatic N) is 3. The Morgan fingerprint density at radius 3 is 2.75 bits per heavy atom. The summed E-state index contributed by atoms with van der Waals surface area (Å²) < 4.78 is 7.22. The SMILES string of the molecule is C=CCN(CC=C)Cc1c(-c2ccc3[nH]c(=O)oc3c2)nc2ccc(N)cn12. The minimum atomic E-state index is -0.474. The first kappa shape index (κ1) is 17.8. The molecule has 0 saturated heterocycles. The van der Waals surface area contributed by atoms with Gasteiger partial charge in [0, 0.05) is 37.1 Å². The molecule has 3 aromatic heterocycles. The highest BCUT2D eigenvalue weighted by Crippen LogP contribution is 2.28. The fourth-order valence-corrected chi connectivity index (χ4v) is 3.37. The molecule has 0 fully saturated rings. The lowest BCUT2D eigenvalue weighted by atomic mass is 10.1. The molecule has 0 aliphatic heterocycles. The molecule has 0 amide bonds. The second-order valence-electron chi connectivity index (χ2n) is 6.59. The Hall–Kier alpha value is -3.58. The molecule has 3 heterocycles. The van der Waals surface area contributed by atoms with Crippen LogP contribution in [0.2, 0.25) is 0 Å². The molecule has 0 saturated carbocycles. The van der Waals surface area contributed by atoms with Crippen LogP contribution in [-0.2, 0) is 6.54 Å². The number of hydrogen-bond acceptors (Lipinski definition) is 5. The number of nitrogen functional groups attached to an aromatic ring is 1. The van der Waals surface area contributed by atoms with E-state index in [4.69, 9.17) is 15.1 Å². The smallest absolute Gasteiger partial charge is 0.408 e. The Kier molecular flexibility index (Phi) is 4.58. The molecule has 4 rings (SSSR count). The number of nitrogens with one attached hydrogen (secondary N) is 1. The van der Waals surface area contributed by atoms with Gasteiger partial charge in [0.1, 0.15) is 5.65 Å². The summed E-state index contributed by atoms with van der Waals surface area (Å²) in [4.78, 5) is 21.2. The molecular weight excluding hydrogens is 354 g/mol. The third-order valence-electron chi connectivity index (χ3n) is 4.58. The fraction of sp³-hybridized carbons (Fsp3) is 0.143. The Morgan fingerprint density at radius 1 is 1.21 bits per heavy atom. The van der Waals surface area contributed by atoms with Gasteiger partial charge in [0.25, 0.3) is 0 Å². The van der Waals surface area contributed by atoms with Crippen LogP contribution in [0.4, 0.5) is 5.69 Å². The molecule has 0 atom stereocenters. The first-order valence-corrected chi connectivity index (χ1v) is 8.93. The van der Waals surface area contributed by atoms with Gasteiger partial charge in [-0.2, -0.15) is 0 Å². The molecule has 7 heteroatoms. The minimum absolute atomic E-state index is 0.474. The van der Waals surface area contributed by atoms with Crippen LogP contribution in [-0.4, -0.2) is 32.4 Å². The van der Waals surface area contributed by atoms with Crippen molar-refractivity contribution in [2.24, 2.45) is 0 Å². The van der Waals surface area contributed by atoms with Crippen LogP contribution in [0.1, 0.15) is 5.69 Å². The lowest BCUT2D eigenvalue weighted by Crippen LogP contribution is -2.24. The number of oxazole rings is 1. The Morgan fingerprint density at radius 2 is 2.00 bits per heavy atom. The number of rotatable bonds is 7. The monoisotopic (exact) mass is 375 g/mol. The van der Waals surface area contributed by atoms with Gasteiger partial charge in [-0.05, 0) is 24.3 Å². The lowest BCUT2D eigenvalue weighted by molar-refractivity contribution is 0.323. The number of imidazole rings is 1. The third-order valence-corrected chi connectivity index (χ3v) is 4.58. The molecule has 0 unspecified atom stereocenters. The molecule has 0 aliphatic carbocycles. The lowest BCUT2D eigenvalue weighted by Gasteiger charge is -2.19. The van der Waals surface area contributed by atoms with E-state index >= 15 is 0 Å². The van der Waals surface area contributed by atoms with Gasteiger partial charge in [-0.15, -0.1) is 13.2 Å². The summed E-state index contributed by atoms with van der Waals surface area (Å²) in [6, 6.07) is 9.29. The number of aromatic nitrogens is 3. The molecule has 142 valence electrons. The first-order chi connectivity index (χ1) is 13.6. The number of anilines is 1. The molecule has 1 aromatic carbocycles. The van der Waals surface area contributed by atoms with Crippen molar-refractivity contribution in [3.63, 3.8) is 0 Å². The molecule has 7 nitrogen and oxygen atoms in total. The van der Waals surface area contributed by atoms with E-state index in [1.807, 2.05) is 53.1 Å². The van der Waals surface area contributed by atoms with Gasteiger partial charge >= 0.3 is 5.76 Å². The van der Waals surface area contributed by atoms with Gasteiger partial charge in [0.2, 0.25) is 0 Å². The predicted octanol–water partition coefficient (Wildman–Crippen LogP) is 3.19. The molecule has 3 N–H and O–H groups in total. The standard InChI is InChI=1S/C21H21N5O2/c1-3-9-25(10-4-2)13-17-20(24-19-8-6-15(22)12-26(17)19)14-5-7-16-18(11-14)28-21(27)23-16/h3-8,11-12H,1-2,9-10,13,22H2,(H,23,27). The topological polar surface area (TPSA) is 92.6 Å². The Bertz CT molecular complexity index is 1220. The highest BCUT2D eigenvalue weighted by Gasteiger charge is 2.17. The van der Waals surface area contributed by atoms with Crippen LogP contribution >= 0.6 is 0 Å². The summed E-state index contributed by atoms with van der Waals surface area (Å²) in [6.07, 6.45) is 5.60. The van der Waals surface area contributed by atoms with Gasteiger partial charge in [-0.25, -0.2) is 9.78 Å². The molecule has 0 aliphatic rings. The van der Waals surface area contributed by atoms with Gasteiger partial charge in [0.05, 0.1) is 16.9 Å². The van der Waals surface area contributed by atoms with E-state index in [0.717, 1.165) is 22.6 Å². The van der Waals surface area contributed by atoms with Gasteiger partial charge in [-0.1, -0.05) is 18.2 Å². The van der Waals surface area contributed by atoms with Crippen LogP contribution in [0.3, 0.4) is 0 Å². The van der Waals surface area contributed by atoms with Gasteiger partial charge < -0.3 is 14.6 Å². The number of hydrogen-bond donors (Lipinski definition) is 2. The summed E-state index contributed by atoms with van der Waals surface area (Å²) in [5.41, 5.74) is 11.3. The van der Waals surface area contributed by atoms with Gasteiger partial charge in [-0.3, -0.25) is 9.88 Å². The van der Waals surface area contributed by atoms with E-state index in [0.29, 0.717) is 36.4 Å². The number of pyridine rings is 1. The molecule has 0 radical (unpaired) electrons. The Balaban J connectivity index is 1.89. The first-order valence-electron chi connectivity index (χ1n) is 8.93. The quantitative estimate of drug-likeness (QED) is 0.484. The maximum Gasteiger partial charge on any atom is 0.417 e. The van der Waals surface area contributed by atoms with E-state index in [9.17, 15) is 4.79 Å². The van der Waals surface area contributed by atoms with Crippen LogP contribution in [0.15, 0.2) is 71.1 Å². The van der Waals surface area contributed by atoms with Crippen molar-refractivity contribution < 1.29 is 4.42 Å². The van der Waals surface area contributed by atoms with E-state index in [-0.39, 0.29) is 0 Å². The Labute approximate surface area is 161 Å². The van der Waals surface area contributed by atoms with Crippen molar-refractivity contribution in [1.82, 2.24) is 19.3 Å². The van der Waals surface area contributed by atoms with Crippen molar-refractivity contribution in [2.45, 2.75) is 6.54 Å². The second-order valence-corrected chi connectivity index (χ2v) is 6.59.